The molecule has 1 heterocycles. The fraction of sp³-hybridized carbons (Fsp3) is 0.167. The van der Waals surface area contributed by atoms with E-state index < -0.39 is 0 Å². The van der Waals surface area contributed by atoms with Gasteiger partial charge in [-0.05, 0) is 18.2 Å². The van der Waals surface area contributed by atoms with Crippen molar-refractivity contribution in [3.05, 3.63) is 41.2 Å². The van der Waals surface area contributed by atoms with Crippen LogP contribution in [0.5, 0.6) is 5.75 Å². The minimum absolute atomic E-state index is 0.0391. The Labute approximate surface area is 113 Å². The first-order valence-corrected chi connectivity index (χ1v) is 6.46. The zero-order valence-electron chi connectivity index (χ0n) is 9.55. The van der Waals surface area contributed by atoms with Gasteiger partial charge in [0.2, 0.25) is 0 Å². The predicted molar refractivity (Wildman–Crippen MR) is 69.6 cm³/mol. The summed E-state index contributed by atoms with van der Waals surface area (Å²) in [5, 5.41) is 0.896. The second kappa shape index (κ2) is 5.93. The van der Waals surface area contributed by atoms with E-state index in [4.69, 9.17) is 20.8 Å². The molecule has 0 N–H and O–H groups in total. The van der Waals surface area contributed by atoms with Crippen LogP contribution in [0.25, 0.3) is 0 Å². The first-order valence-electron chi connectivity index (χ1n) is 5.09. The molecular weight excluding hydrogens is 274 g/mol. The van der Waals surface area contributed by atoms with Crippen LogP contribution in [0, 0.1) is 0 Å². The molecule has 1 aromatic heterocycles. The summed E-state index contributed by atoms with van der Waals surface area (Å²) < 4.78 is 10.1. The molecule has 0 saturated heterocycles. The summed E-state index contributed by atoms with van der Waals surface area (Å²) in [7, 11) is 1.53. The molecule has 0 fully saturated rings. The lowest BCUT2D eigenvalue weighted by Crippen LogP contribution is -2.02. The van der Waals surface area contributed by atoms with Crippen LogP contribution in [0.4, 0.5) is 0 Å². The van der Waals surface area contributed by atoms with E-state index in [0.717, 1.165) is 0 Å². The molecule has 0 bridgehead atoms. The molecule has 2 aromatic rings. The summed E-state index contributed by atoms with van der Waals surface area (Å²) in [4.78, 5) is 15.8. The summed E-state index contributed by atoms with van der Waals surface area (Å²) in [5.74, 6) is 0.764. The number of carbonyl (C=O) groups excluding carboxylic acids is 1. The van der Waals surface area contributed by atoms with Gasteiger partial charge in [0.1, 0.15) is 12.0 Å². The van der Waals surface area contributed by atoms with Gasteiger partial charge in [-0.1, -0.05) is 23.4 Å². The van der Waals surface area contributed by atoms with Gasteiger partial charge >= 0.3 is 0 Å². The number of oxazole rings is 1. The molecule has 0 aliphatic carbocycles. The number of hydrogen-bond acceptors (Lipinski definition) is 5. The van der Waals surface area contributed by atoms with Crippen molar-refractivity contribution in [3.63, 3.8) is 0 Å². The second-order valence-corrected chi connectivity index (χ2v) is 4.69. The quantitative estimate of drug-likeness (QED) is 0.622. The lowest BCUT2D eigenvalue weighted by atomic mass is 10.1. The highest BCUT2D eigenvalue weighted by Gasteiger charge is 2.11. The van der Waals surface area contributed by atoms with Crippen LogP contribution < -0.4 is 4.74 Å². The smallest absolute Gasteiger partial charge is 0.255 e. The summed E-state index contributed by atoms with van der Waals surface area (Å²) in [6.07, 6.45) is 3.01. The average molecular weight is 284 g/mol. The molecule has 18 heavy (non-hydrogen) atoms. The predicted octanol–water partition coefficient (Wildman–Crippen LogP) is 3.31. The Kier molecular flexibility index (Phi) is 4.28. The van der Waals surface area contributed by atoms with Gasteiger partial charge < -0.3 is 9.15 Å². The molecule has 0 saturated carbocycles. The Morgan fingerprint density at radius 3 is 3.00 bits per heavy atom. The zero-order valence-corrected chi connectivity index (χ0v) is 11.1. The summed E-state index contributed by atoms with van der Waals surface area (Å²) in [6, 6.07) is 4.95. The Hall–Kier alpha value is -1.46. The third kappa shape index (κ3) is 3.05. The molecule has 4 nitrogen and oxygen atoms in total. The normalized spacial score (nSPS) is 10.3. The van der Waals surface area contributed by atoms with Crippen molar-refractivity contribution in [1.82, 2.24) is 4.98 Å². The number of ether oxygens (including phenoxy) is 1. The molecule has 94 valence electrons. The van der Waals surface area contributed by atoms with Crippen molar-refractivity contribution >= 4 is 29.1 Å². The van der Waals surface area contributed by atoms with E-state index in [-0.39, 0.29) is 11.5 Å². The van der Waals surface area contributed by atoms with E-state index in [1.807, 2.05) is 0 Å². The molecule has 0 spiro atoms. The van der Waals surface area contributed by atoms with Gasteiger partial charge in [0.05, 0.1) is 24.1 Å². The zero-order chi connectivity index (χ0) is 13.0. The number of thioether (sulfide) groups is 1. The van der Waals surface area contributed by atoms with Crippen molar-refractivity contribution in [3.8, 4) is 5.75 Å². The number of methoxy groups -OCH3 is 1. The SMILES string of the molecule is COc1ccc(C(=O)CSc2ncco2)cc1Cl. The number of Topliss-reactive ketones (excluding diaryl/α,β-unsaturated/α-hetero) is 1. The minimum Gasteiger partial charge on any atom is -0.495 e. The fourth-order valence-corrected chi connectivity index (χ4v) is 2.27. The third-order valence-corrected chi connectivity index (χ3v) is 3.36. The number of aromatic nitrogens is 1. The molecule has 0 amide bonds. The van der Waals surface area contributed by atoms with E-state index in [1.165, 1.54) is 31.3 Å². The Morgan fingerprint density at radius 2 is 2.39 bits per heavy atom. The number of carbonyl (C=O) groups is 1. The average Bonchev–Trinajstić information content (AvgIpc) is 2.89. The van der Waals surface area contributed by atoms with E-state index in [1.54, 1.807) is 18.2 Å². The molecule has 0 aliphatic heterocycles. The van der Waals surface area contributed by atoms with Gasteiger partial charge in [-0.25, -0.2) is 4.98 Å². The van der Waals surface area contributed by atoms with Crippen LogP contribution >= 0.6 is 23.4 Å². The number of halogens is 1. The van der Waals surface area contributed by atoms with Gasteiger partial charge in [-0.15, -0.1) is 0 Å². The fourth-order valence-electron chi connectivity index (χ4n) is 1.33. The van der Waals surface area contributed by atoms with Gasteiger partial charge in [0, 0.05) is 5.56 Å². The largest absolute Gasteiger partial charge is 0.495 e. The van der Waals surface area contributed by atoms with Gasteiger partial charge in [-0.2, -0.15) is 0 Å². The lowest BCUT2D eigenvalue weighted by molar-refractivity contribution is 0.102. The molecule has 2 rings (SSSR count). The highest BCUT2D eigenvalue weighted by atomic mass is 35.5. The standard InChI is InChI=1S/C12H10ClNO3S/c1-16-11-3-2-8(6-9(11)13)10(15)7-18-12-14-4-5-17-12/h2-6H,7H2,1H3. The Balaban J connectivity index is 2.02. The topological polar surface area (TPSA) is 52.3 Å². The maximum atomic E-state index is 11.9. The van der Waals surface area contributed by atoms with Crippen LogP contribution in [0.3, 0.4) is 0 Å². The lowest BCUT2D eigenvalue weighted by Gasteiger charge is -2.04. The summed E-state index contributed by atoms with van der Waals surface area (Å²) in [6.45, 7) is 0. The Morgan fingerprint density at radius 1 is 1.56 bits per heavy atom. The van der Waals surface area contributed by atoms with E-state index in [0.29, 0.717) is 21.6 Å². The van der Waals surface area contributed by atoms with Crippen LogP contribution in [0.15, 0.2) is 40.3 Å². The Bertz CT molecular complexity index is 542. The summed E-state index contributed by atoms with van der Waals surface area (Å²) >= 11 is 7.20. The molecule has 6 heteroatoms. The second-order valence-electron chi connectivity index (χ2n) is 3.36. The maximum Gasteiger partial charge on any atom is 0.255 e. The van der Waals surface area contributed by atoms with Crippen molar-refractivity contribution in [2.24, 2.45) is 0 Å². The van der Waals surface area contributed by atoms with Crippen LogP contribution in [0.1, 0.15) is 10.4 Å². The van der Waals surface area contributed by atoms with Gasteiger partial charge in [0.15, 0.2) is 5.78 Å². The highest BCUT2D eigenvalue weighted by Crippen LogP contribution is 2.26. The summed E-state index contributed by atoms with van der Waals surface area (Å²) in [5.41, 5.74) is 0.542. The number of ketones is 1. The number of rotatable bonds is 5. The van der Waals surface area contributed by atoms with Crippen molar-refractivity contribution in [2.75, 3.05) is 12.9 Å². The van der Waals surface area contributed by atoms with E-state index in [2.05, 4.69) is 4.98 Å². The van der Waals surface area contributed by atoms with Gasteiger partial charge in [0.25, 0.3) is 5.22 Å². The highest BCUT2D eigenvalue weighted by molar-refractivity contribution is 7.99. The van der Waals surface area contributed by atoms with Crippen molar-refractivity contribution < 1.29 is 13.9 Å². The van der Waals surface area contributed by atoms with Gasteiger partial charge in [-0.3, -0.25) is 4.79 Å². The van der Waals surface area contributed by atoms with Crippen LogP contribution in [0.2, 0.25) is 5.02 Å². The minimum atomic E-state index is -0.0391. The number of nitrogens with zero attached hydrogens (tertiary/aromatic N) is 1. The molecule has 0 radical (unpaired) electrons. The monoisotopic (exact) mass is 283 g/mol. The first kappa shape index (κ1) is 13.0. The number of benzene rings is 1. The first-order chi connectivity index (χ1) is 8.70. The van der Waals surface area contributed by atoms with Crippen molar-refractivity contribution in [1.29, 1.82) is 0 Å². The van der Waals surface area contributed by atoms with E-state index >= 15 is 0 Å². The molecule has 0 aliphatic rings. The van der Waals surface area contributed by atoms with Crippen LogP contribution in [-0.2, 0) is 0 Å². The molecule has 1 aromatic carbocycles. The molecular formula is C12H10ClNO3S. The molecule has 0 atom stereocenters. The number of hydrogen-bond donors (Lipinski definition) is 0. The van der Waals surface area contributed by atoms with E-state index in [9.17, 15) is 4.79 Å². The molecule has 0 unspecified atom stereocenters. The third-order valence-electron chi connectivity index (χ3n) is 2.21. The maximum absolute atomic E-state index is 11.9. The van der Waals surface area contributed by atoms with Crippen LogP contribution in [-0.4, -0.2) is 23.6 Å². The van der Waals surface area contributed by atoms with Crippen molar-refractivity contribution in [2.45, 2.75) is 5.22 Å².